The number of fused-ring (bicyclic) bond motifs is 1. The van der Waals surface area contributed by atoms with E-state index in [9.17, 15) is 4.39 Å². The van der Waals surface area contributed by atoms with Gasteiger partial charge >= 0.3 is 0 Å². The quantitative estimate of drug-likeness (QED) is 0.373. The Bertz CT molecular complexity index is 1330. The van der Waals surface area contributed by atoms with Crippen LogP contribution >= 0.6 is 0 Å². The second-order valence-electron chi connectivity index (χ2n) is 9.08. The predicted octanol–water partition coefficient (Wildman–Crippen LogP) is 3.57. The lowest BCUT2D eigenvalue weighted by Gasteiger charge is -2.43. The summed E-state index contributed by atoms with van der Waals surface area (Å²) in [6.45, 7) is 6.49. The fourth-order valence-electron chi connectivity index (χ4n) is 4.70. The first-order chi connectivity index (χ1) is 17.7. The van der Waals surface area contributed by atoms with E-state index in [4.69, 9.17) is 18.7 Å². The largest absolute Gasteiger partial charge is 0.488 e. The lowest BCUT2D eigenvalue weighted by molar-refractivity contribution is -0.0660. The molecule has 0 aliphatic carbocycles. The van der Waals surface area contributed by atoms with E-state index in [-0.39, 0.29) is 12.4 Å². The van der Waals surface area contributed by atoms with Gasteiger partial charge < -0.3 is 23.6 Å². The maximum absolute atomic E-state index is 14.6. The van der Waals surface area contributed by atoms with Gasteiger partial charge in [-0.25, -0.2) is 4.39 Å². The SMILES string of the molecule is COCCOc1cc2[nH]nc(-c3cc(-c4ccc(N5CCN(C6COC6)CC5)cc4)no3)c2cc1F. The first kappa shape index (κ1) is 23.0. The van der Waals surface area contributed by atoms with Gasteiger partial charge in [0.2, 0.25) is 0 Å². The topological polar surface area (TPSA) is 88.9 Å². The molecule has 2 aliphatic heterocycles. The van der Waals surface area contributed by atoms with Gasteiger partial charge in [-0.15, -0.1) is 0 Å². The van der Waals surface area contributed by atoms with Gasteiger partial charge in [0.05, 0.1) is 31.4 Å². The van der Waals surface area contributed by atoms with Gasteiger partial charge in [0.25, 0.3) is 0 Å². The average Bonchev–Trinajstić information content (AvgIpc) is 3.51. The van der Waals surface area contributed by atoms with Crippen LogP contribution in [-0.2, 0) is 9.47 Å². The summed E-state index contributed by atoms with van der Waals surface area (Å²) < 4.78 is 35.9. The molecule has 2 aromatic carbocycles. The van der Waals surface area contributed by atoms with Crippen molar-refractivity contribution in [3.63, 3.8) is 0 Å². The number of nitrogens with zero attached hydrogens (tertiary/aromatic N) is 4. The Balaban J connectivity index is 1.15. The number of H-pyrrole nitrogens is 1. The zero-order chi connectivity index (χ0) is 24.5. The number of ether oxygens (including phenoxy) is 3. The molecule has 2 aromatic heterocycles. The van der Waals surface area contributed by atoms with Crippen molar-refractivity contribution in [2.45, 2.75) is 6.04 Å². The van der Waals surface area contributed by atoms with Crippen molar-refractivity contribution in [2.75, 3.05) is 64.6 Å². The summed E-state index contributed by atoms with van der Waals surface area (Å²) in [6, 6.07) is 13.7. The van der Waals surface area contributed by atoms with Gasteiger partial charge in [0.15, 0.2) is 17.3 Å². The molecule has 0 bridgehead atoms. The molecule has 9 nitrogen and oxygen atoms in total. The van der Waals surface area contributed by atoms with Gasteiger partial charge in [-0.05, 0) is 18.2 Å². The minimum Gasteiger partial charge on any atom is -0.488 e. The van der Waals surface area contributed by atoms with E-state index in [1.807, 2.05) is 6.07 Å². The summed E-state index contributed by atoms with van der Waals surface area (Å²) in [4.78, 5) is 4.93. The molecule has 0 saturated carbocycles. The Morgan fingerprint density at radius 2 is 1.86 bits per heavy atom. The molecule has 0 radical (unpaired) electrons. The minimum absolute atomic E-state index is 0.145. The van der Waals surface area contributed by atoms with Gasteiger partial charge in [0.1, 0.15) is 18.0 Å². The van der Waals surface area contributed by atoms with Crippen molar-refractivity contribution in [3.05, 3.63) is 48.3 Å². The molecule has 0 atom stereocenters. The van der Waals surface area contributed by atoms with Gasteiger partial charge in [-0.1, -0.05) is 17.3 Å². The molecule has 36 heavy (non-hydrogen) atoms. The monoisotopic (exact) mass is 493 g/mol. The number of benzene rings is 2. The first-order valence-corrected chi connectivity index (χ1v) is 12.1. The number of aromatic nitrogens is 3. The standard InChI is InChI=1S/C26H28FN5O4/c1-33-10-11-35-24-14-23-20(12-21(24)27)26(29-28-23)25-13-22(30-36-25)17-2-4-18(5-3-17)31-6-8-32(9-7-31)19-15-34-16-19/h2-5,12-14,19H,6-11,15-16H2,1H3,(H,28,29). The van der Waals surface area contributed by atoms with Crippen molar-refractivity contribution in [3.8, 4) is 28.5 Å². The van der Waals surface area contributed by atoms with Crippen LogP contribution in [0.1, 0.15) is 0 Å². The van der Waals surface area contributed by atoms with Gasteiger partial charge in [-0.3, -0.25) is 10.00 Å². The summed E-state index contributed by atoms with van der Waals surface area (Å²) in [5, 5.41) is 12.1. The summed E-state index contributed by atoms with van der Waals surface area (Å²) in [5.74, 6) is 0.133. The molecule has 2 aliphatic rings. The van der Waals surface area contributed by atoms with Crippen molar-refractivity contribution in [1.29, 1.82) is 0 Å². The number of aromatic amines is 1. The molecule has 0 spiro atoms. The third kappa shape index (κ3) is 4.43. The molecule has 188 valence electrons. The Morgan fingerprint density at radius 1 is 1.06 bits per heavy atom. The zero-order valence-electron chi connectivity index (χ0n) is 20.1. The molecule has 6 rings (SSSR count). The second-order valence-corrected chi connectivity index (χ2v) is 9.08. The molecular weight excluding hydrogens is 465 g/mol. The summed E-state index contributed by atoms with van der Waals surface area (Å²) in [5.41, 5.74) is 3.98. The molecule has 2 fully saturated rings. The fourth-order valence-corrected chi connectivity index (χ4v) is 4.70. The Kier molecular flexibility index (Phi) is 6.30. The number of piperazine rings is 1. The van der Waals surface area contributed by atoms with Crippen LogP contribution in [-0.4, -0.2) is 86.0 Å². The molecule has 1 N–H and O–H groups in total. The highest BCUT2D eigenvalue weighted by molar-refractivity contribution is 5.92. The van der Waals surface area contributed by atoms with Gasteiger partial charge in [-0.2, -0.15) is 5.10 Å². The average molecular weight is 494 g/mol. The van der Waals surface area contributed by atoms with E-state index in [1.54, 1.807) is 13.2 Å². The third-order valence-corrected chi connectivity index (χ3v) is 6.88. The van der Waals surface area contributed by atoms with E-state index in [1.165, 1.54) is 11.8 Å². The van der Waals surface area contributed by atoms with Crippen LogP contribution in [0, 0.1) is 5.82 Å². The van der Waals surface area contributed by atoms with Crippen LogP contribution in [0.2, 0.25) is 0 Å². The maximum Gasteiger partial charge on any atom is 0.188 e. The summed E-state index contributed by atoms with van der Waals surface area (Å²) >= 11 is 0. The smallest absolute Gasteiger partial charge is 0.188 e. The van der Waals surface area contributed by atoms with Crippen LogP contribution in [0.5, 0.6) is 5.75 Å². The highest BCUT2D eigenvalue weighted by Crippen LogP contribution is 2.33. The Hall–Kier alpha value is -3.47. The van der Waals surface area contributed by atoms with E-state index < -0.39 is 5.82 Å². The zero-order valence-corrected chi connectivity index (χ0v) is 20.1. The number of methoxy groups -OCH3 is 1. The fraction of sp³-hybridized carbons (Fsp3) is 0.385. The molecule has 4 heterocycles. The number of nitrogens with one attached hydrogen (secondary N) is 1. The number of halogens is 1. The van der Waals surface area contributed by atoms with E-state index >= 15 is 0 Å². The number of hydrogen-bond donors (Lipinski definition) is 1. The minimum atomic E-state index is -0.474. The highest BCUT2D eigenvalue weighted by Gasteiger charge is 2.29. The van der Waals surface area contributed by atoms with Crippen LogP contribution in [0.15, 0.2) is 47.0 Å². The number of anilines is 1. The van der Waals surface area contributed by atoms with Crippen LogP contribution < -0.4 is 9.64 Å². The molecule has 0 amide bonds. The molecule has 10 heteroatoms. The molecule has 4 aromatic rings. The Morgan fingerprint density at radius 3 is 2.58 bits per heavy atom. The van der Waals surface area contributed by atoms with Crippen molar-refractivity contribution in [2.24, 2.45) is 0 Å². The van der Waals surface area contributed by atoms with E-state index in [2.05, 4.69) is 49.4 Å². The van der Waals surface area contributed by atoms with Crippen LogP contribution in [0.25, 0.3) is 33.6 Å². The second kappa shape index (κ2) is 9.88. The van der Waals surface area contributed by atoms with Crippen LogP contribution in [0.4, 0.5) is 10.1 Å². The molecule has 0 unspecified atom stereocenters. The lowest BCUT2D eigenvalue weighted by Crippen LogP contribution is -2.56. The van der Waals surface area contributed by atoms with Gasteiger partial charge in [0, 0.05) is 62.1 Å². The first-order valence-electron chi connectivity index (χ1n) is 12.1. The van der Waals surface area contributed by atoms with E-state index in [0.717, 1.165) is 45.0 Å². The third-order valence-electron chi connectivity index (χ3n) is 6.88. The Labute approximate surface area is 207 Å². The molecular formula is C26H28FN5O4. The van der Waals surface area contributed by atoms with Crippen molar-refractivity contribution < 1.29 is 23.1 Å². The van der Waals surface area contributed by atoms with Crippen molar-refractivity contribution in [1.82, 2.24) is 20.3 Å². The van der Waals surface area contributed by atoms with Crippen LogP contribution in [0.3, 0.4) is 0 Å². The maximum atomic E-state index is 14.6. The number of rotatable bonds is 8. The predicted molar refractivity (Wildman–Crippen MR) is 133 cm³/mol. The van der Waals surface area contributed by atoms with E-state index in [0.29, 0.717) is 40.7 Å². The van der Waals surface area contributed by atoms with Crippen molar-refractivity contribution >= 4 is 16.6 Å². The molecule has 2 saturated heterocycles. The summed E-state index contributed by atoms with van der Waals surface area (Å²) in [6.07, 6.45) is 0. The highest BCUT2D eigenvalue weighted by atomic mass is 19.1. The normalized spacial score (nSPS) is 17.0. The lowest BCUT2D eigenvalue weighted by atomic mass is 10.1. The number of hydrogen-bond acceptors (Lipinski definition) is 8. The summed E-state index contributed by atoms with van der Waals surface area (Å²) in [7, 11) is 1.57.